The van der Waals surface area contributed by atoms with Crippen molar-refractivity contribution in [3.8, 4) is 0 Å². The molecular formula is C11H11N3O2S. The van der Waals surface area contributed by atoms with Crippen molar-refractivity contribution < 1.29 is 8.42 Å². The van der Waals surface area contributed by atoms with Crippen LogP contribution in [0.4, 0.5) is 5.69 Å². The summed E-state index contributed by atoms with van der Waals surface area (Å²) in [5.41, 5.74) is 1.03. The minimum Gasteiger partial charge on any atom is -0.276 e. The van der Waals surface area contributed by atoms with E-state index in [0.29, 0.717) is 11.3 Å². The molecule has 0 saturated carbocycles. The van der Waals surface area contributed by atoms with E-state index in [0.717, 1.165) is 0 Å². The van der Waals surface area contributed by atoms with Crippen LogP contribution in [0.3, 0.4) is 0 Å². The first kappa shape index (κ1) is 11.5. The highest BCUT2D eigenvalue weighted by Gasteiger charge is 2.16. The fraction of sp³-hybridized carbons (Fsp3) is 0.0909. The summed E-state index contributed by atoms with van der Waals surface area (Å²) in [6.07, 6.45) is 4.15. The summed E-state index contributed by atoms with van der Waals surface area (Å²) >= 11 is 0. The van der Waals surface area contributed by atoms with Crippen LogP contribution in [-0.4, -0.2) is 18.4 Å². The Balaban J connectivity index is 2.36. The lowest BCUT2D eigenvalue weighted by Crippen LogP contribution is -2.14. The third-order valence-corrected chi connectivity index (χ3v) is 3.74. The van der Waals surface area contributed by atoms with E-state index in [-0.39, 0.29) is 4.90 Å². The standard InChI is InChI=1S/C11H11N3O2S/c1-9-4-2-3-5-11(9)17(15,16)14-10-6-12-8-13-7-10/h2-8,14H,1H3. The smallest absolute Gasteiger partial charge is 0.262 e. The van der Waals surface area contributed by atoms with Gasteiger partial charge in [0.05, 0.1) is 23.0 Å². The molecule has 0 radical (unpaired) electrons. The van der Waals surface area contributed by atoms with Crippen molar-refractivity contribution in [1.29, 1.82) is 0 Å². The number of sulfonamides is 1. The van der Waals surface area contributed by atoms with Crippen LogP contribution in [0.15, 0.2) is 47.9 Å². The molecule has 1 heterocycles. The predicted octanol–water partition coefficient (Wildman–Crippen LogP) is 1.59. The number of aryl methyl sites for hydroxylation is 1. The number of nitrogens with zero attached hydrogens (tertiary/aromatic N) is 2. The predicted molar refractivity (Wildman–Crippen MR) is 64.0 cm³/mol. The van der Waals surface area contributed by atoms with Crippen LogP contribution in [0, 0.1) is 6.92 Å². The molecule has 2 rings (SSSR count). The average molecular weight is 249 g/mol. The van der Waals surface area contributed by atoms with Crippen molar-refractivity contribution in [3.63, 3.8) is 0 Å². The monoisotopic (exact) mass is 249 g/mol. The van der Waals surface area contributed by atoms with E-state index in [1.165, 1.54) is 18.7 Å². The Kier molecular flexibility index (Phi) is 3.06. The minimum absolute atomic E-state index is 0.254. The first-order chi connectivity index (χ1) is 8.09. The maximum Gasteiger partial charge on any atom is 0.262 e. The van der Waals surface area contributed by atoms with Gasteiger partial charge in [0.2, 0.25) is 0 Å². The number of anilines is 1. The molecule has 0 spiro atoms. The van der Waals surface area contributed by atoms with Gasteiger partial charge in [0.1, 0.15) is 6.33 Å². The highest BCUT2D eigenvalue weighted by Crippen LogP contribution is 2.17. The quantitative estimate of drug-likeness (QED) is 0.896. The highest BCUT2D eigenvalue weighted by atomic mass is 32.2. The molecule has 0 bridgehead atoms. The van der Waals surface area contributed by atoms with E-state index >= 15 is 0 Å². The van der Waals surface area contributed by atoms with Gasteiger partial charge in [-0.15, -0.1) is 0 Å². The van der Waals surface area contributed by atoms with E-state index < -0.39 is 10.0 Å². The van der Waals surface area contributed by atoms with Crippen LogP contribution >= 0.6 is 0 Å². The molecule has 17 heavy (non-hydrogen) atoms. The summed E-state index contributed by atoms with van der Waals surface area (Å²) in [6.45, 7) is 1.75. The Bertz CT molecular complexity index is 612. The summed E-state index contributed by atoms with van der Waals surface area (Å²) in [7, 11) is -3.57. The number of nitrogens with one attached hydrogen (secondary N) is 1. The number of benzene rings is 1. The van der Waals surface area contributed by atoms with Crippen molar-refractivity contribution in [3.05, 3.63) is 48.5 Å². The van der Waals surface area contributed by atoms with Gasteiger partial charge in [-0.3, -0.25) is 4.72 Å². The molecule has 0 aliphatic heterocycles. The largest absolute Gasteiger partial charge is 0.276 e. The van der Waals surface area contributed by atoms with Gasteiger partial charge in [-0.2, -0.15) is 0 Å². The minimum atomic E-state index is -3.57. The van der Waals surface area contributed by atoms with E-state index in [1.807, 2.05) is 0 Å². The van der Waals surface area contributed by atoms with Gasteiger partial charge >= 0.3 is 0 Å². The van der Waals surface area contributed by atoms with E-state index in [1.54, 1.807) is 31.2 Å². The number of rotatable bonds is 3. The molecule has 88 valence electrons. The van der Waals surface area contributed by atoms with E-state index in [2.05, 4.69) is 14.7 Å². The number of hydrogen-bond acceptors (Lipinski definition) is 4. The first-order valence-electron chi connectivity index (χ1n) is 4.93. The van der Waals surface area contributed by atoms with Gasteiger partial charge in [-0.05, 0) is 18.6 Å². The van der Waals surface area contributed by atoms with Gasteiger partial charge in [0.15, 0.2) is 0 Å². The molecule has 2 aromatic rings. The molecule has 0 amide bonds. The van der Waals surface area contributed by atoms with Gasteiger partial charge < -0.3 is 0 Å². The van der Waals surface area contributed by atoms with Gasteiger partial charge in [0.25, 0.3) is 10.0 Å². The first-order valence-corrected chi connectivity index (χ1v) is 6.41. The van der Waals surface area contributed by atoms with Crippen LogP contribution in [0.2, 0.25) is 0 Å². The summed E-state index contributed by atoms with van der Waals surface area (Å²) < 4.78 is 26.5. The highest BCUT2D eigenvalue weighted by molar-refractivity contribution is 7.92. The molecule has 0 aliphatic carbocycles. The Hall–Kier alpha value is -1.95. The SMILES string of the molecule is Cc1ccccc1S(=O)(=O)Nc1cncnc1. The Labute approximate surface area is 99.6 Å². The zero-order chi connectivity index (χ0) is 12.3. The fourth-order valence-electron chi connectivity index (χ4n) is 1.42. The average Bonchev–Trinajstić information content (AvgIpc) is 2.30. The molecule has 5 nitrogen and oxygen atoms in total. The Morgan fingerprint density at radius 1 is 1.12 bits per heavy atom. The third-order valence-electron chi connectivity index (χ3n) is 2.20. The summed E-state index contributed by atoms with van der Waals surface area (Å²) in [4.78, 5) is 7.75. The van der Waals surface area contributed by atoms with Crippen LogP contribution in [0.1, 0.15) is 5.56 Å². The van der Waals surface area contributed by atoms with Crippen LogP contribution in [0.25, 0.3) is 0 Å². The van der Waals surface area contributed by atoms with Crippen LogP contribution in [-0.2, 0) is 10.0 Å². The van der Waals surface area contributed by atoms with E-state index in [4.69, 9.17) is 0 Å². The lowest BCUT2D eigenvalue weighted by Gasteiger charge is -2.09. The number of aromatic nitrogens is 2. The summed E-state index contributed by atoms with van der Waals surface area (Å²) in [5, 5.41) is 0. The van der Waals surface area contributed by atoms with Gasteiger partial charge in [-0.1, -0.05) is 18.2 Å². The summed E-state index contributed by atoms with van der Waals surface area (Å²) in [6, 6.07) is 6.78. The Morgan fingerprint density at radius 2 is 1.76 bits per heavy atom. The summed E-state index contributed by atoms with van der Waals surface area (Å²) in [5.74, 6) is 0. The molecular weight excluding hydrogens is 238 g/mol. The molecule has 0 saturated heterocycles. The second-order valence-corrected chi connectivity index (χ2v) is 5.15. The maximum absolute atomic E-state index is 12.1. The van der Waals surface area contributed by atoms with E-state index in [9.17, 15) is 8.42 Å². The molecule has 1 N–H and O–H groups in total. The van der Waals surface area contributed by atoms with Crippen molar-refractivity contribution in [1.82, 2.24) is 9.97 Å². The normalized spacial score (nSPS) is 11.1. The van der Waals surface area contributed by atoms with Crippen molar-refractivity contribution in [2.75, 3.05) is 4.72 Å². The zero-order valence-electron chi connectivity index (χ0n) is 9.16. The molecule has 0 fully saturated rings. The van der Waals surface area contributed by atoms with Gasteiger partial charge in [0, 0.05) is 0 Å². The van der Waals surface area contributed by atoms with Crippen molar-refractivity contribution >= 4 is 15.7 Å². The molecule has 1 aromatic carbocycles. The molecule has 1 aromatic heterocycles. The van der Waals surface area contributed by atoms with Crippen molar-refractivity contribution in [2.24, 2.45) is 0 Å². The maximum atomic E-state index is 12.1. The lowest BCUT2D eigenvalue weighted by molar-refractivity contribution is 0.600. The second kappa shape index (κ2) is 4.50. The third kappa shape index (κ3) is 2.59. The molecule has 0 aliphatic rings. The molecule has 6 heteroatoms. The fourth-order valence-corrected chi connectivity index (χ4v) is 2.70. The van der Waals surface area contributed by atoms with Crippen LogP contribution < -0.4 is 4.72 Å². The van der Waals surface area contributed by atoms with Gasteiger partial charge in [-0.25, -0.2) is 18.4 Å². The Morgan fingerprint density at radius 3 is 2.41 bits per heavy atom. The zero-order valence-corrected chi connectivity index (χ0v) is 9.98. The lowest BCUT2D eigenvalue weighted by atomic mass is 10.2. The number of hydrogen-bond donors (Lipinski definition) is 1. The van der Waals surface area contributed by atoms with Crippen LogP contribution in [0.5, 0.6) is 0 Å². The van der Waals surface area contributed by atoms with Crippen molar-refractivity contribution in [2.45, 2.75) is 11.8 Å². The molecule has 0 atom stereocenters. The second-order valence-electron chi connectivity index (χ2n) is 3.50. The molecule has 0 unspecified atom stereocenters. The topological polar surface area (TPSA) is 72.0 Å².